The maximum Gasteiger partial charge on any atom is 0.276 e. The smallest absolute Gasteiger partial charge is 0.276 e. The zero-order valence-electron chi connectivity index (χ0n) is 36.1. The van der Waals surface area contributed by atoms with E-state index in [0.717, 1.165) is 10.7 Å². The van der Waals surface area contributed by atoms with Crippen LogP contribution in [0.3, 0.4) is 0 Å². The van der Waals surface area contributed by atoms with Crippen LogP contribution in [0.2, 0.25) is 0 Å². The van der Waals surface area contributed by atoms with Gasteiger partial charge in [0.15, 0.2) is 0 Å². The number of hydrogen-bond donors (Lipinski definition) is 5. The van der Waals surface area contributed by atoms with Crippen molar-refractivity contribution >= 4 is 74.6 Å². The molecular formula is C43H48N14O6S. The highest BCUT2D eigenvalue weighted by atomic mass is 32.1. The molecule has 0 aliphatic heterocycles. The molecule has 0 bridgehead atoms. The van der Waals surface area contributed by atoms with E-state index >= 15 is 0 Å². The number of thiazole rings is 1. The quantitative estimate of drug-likeness (QED) is 0.0667. The Kier molecular flexibility index (Phi) is 13.2. The largest absolute Gasteiger partial charge is 0.494 e. The lowest BCUT2D eigenvalue weighted by atomic mass is 10.1. The molecule has 0 unspecified atom stereocenters. The number of aryl methyl sites for hydroxylation is 4. The van der Waals surface area contributed by atoms with Crippen molar-refractivity contribution in [3.8, 4) is 11.5 Å². The van der Waals surface area contributed by atoms with E-state index in [2.05, 4.69) is 31.1 Å². The number of nitrogens with zero attached hydrogens (tertiary/aromatic N) is 9. The van der Waals surface area contributed by atoms with Crippen LogP contribution in [0.1, 0.15) is 71.1 Å². The van der Waals surface area contributed by atoms with E-state index < -0.39 is 23.6 Å². The van der Waals surface area contributed by atoms with Gasteiger partial charge in [0, 0.05) is 44.0 Å². The van der Waals surface area contributed by atoms with Gasteiger partial charge >= 0.3 is 0 Å². The van der Waals surface area contributed by atoms with Crippen LogP contribution in [0.4, 0.5) is 17.6 Å². The van der Waals surface area contributed by atoms with Crippen molar-refractivity contribution in [1.82, 2.24) is 43.6 Å². The van der Waals surface area contributed by atoms with Crippen molar-refractivity contribution in [3.05, 3.63) is 105 Å². The molecule has 64 heavy (non-hydrogen) atoms. The second-order valence-electron chi connectivity index (χ2n) is 14.4. The first-order chi connectivity index (χ1) is 30.8. The number of primary amides is 2. The fourth-order valence-electron chi connectivity index (χ4n) is 7.08. The number of methoxy groups -OCH3 is 1. The number of ether oxygens (including phenoxy) is 2. The number of fused-ring (bicyclic) bond motifs is 2. The number of nitrogens with two attached hydrogens (primary N) is 2. The number of amides is 4. The summed E-state index contributed by atoms with van der Waals surface area (Å²) in [6, 6.07) is 7.83. The van der Waals surface area contributed by atoms with Crippen LogP contribution in [0.5, 0.6) is 11.5 Å². The second kappa shape index (κ2) is 19.1. The summed E-state index contributed by atoms with van der Waals surface area (Å²) in [4.78, 5) is 66.8. The Bertz CT molecular complexity index is 2970. The van der Waals surface area contributed by atoms with Crippen molar-refractivity contribution in [2.45, 2.75) is 60.3 Å². The number of carbonyl (C=O) groups is 4. The third kappa shape index (κ3) is 9.33. The van der Waals surface area contributed by atoms with Crippen LogP contribution in [0, 0.1) is 13.8 Å². The maximum absolute atomic E-state index is 13.9. The molecule has 20 nitrogen and oxygen atoms in total. The van der Waals surface area contributed by atoms with Crippen molar-refractivity contribution in [2.24, 2.45) is 11.5 Å². The molecule has 7 aromatic rings. The first-order valence-corrected chi connectivity index (χ1v) is 21.1. The van der Waals surface area contributed by atoms with E-state index in [0.29, 0.717) is 75.0 Å². The molecule has 7 N–H and O–H groups in total. The van der Waals surface area contributed by atoms with Crippen molar-refractivity contribution < 1.29 is 28.7 Å². The molecule has 0 saturated heterocycles. The summed E-state index contributed by atoms with van der Waals surface area (Å²) < 4.78 is 18.8. The monoisotopic (exact) mass is 888 g/mol. The summed E-state index contributed by atoms with van der Waals surface area (Å²) >= 11 is 1.28. The van der Waals surface area contributed by atoms with Crippen LogP contribution in [-0.2, 0) is 32.6 Å². The summed E-state index contributed by atoms with van der Waals surface area (Å²) in [6.45, 7) is 8.85. The van der Waals surface area contributed by atoms with Gasteiger partial charge in [-0.05, 0) is 63.6 Å². The van der Waals surface area contributed by atoms with Gasteiger partial charge in [-0.25, -0.2) is 15.0 Å². The van der Waals surface area contributed by atoms with Gasteiger partial charge in [-0.15, -0.1) is 11.3 Å². The fourth-order valence-corrected chi connectivity index (χ4v) is 7.98. The molecule has 0 spiro atoms. The molecule has 0 saturated carbocycles. The number of anilines is 3. The molecule has 7 rings (SSSR count). The number of rotatable bonds is 19. The Labute approximate surface area is 370 Å². The molecule has 0 aliphatic carbocycles. The summed E-state index contributed by atoms with van der Waals surface area (Å²) in [5.74, 6) is -1.21. The number of benzene rings is 2. The summed E-state index contributed by atoms with van der Waals surface area (Å²) in [6.07, 6.45) is 11.6. The summed E-state index contributed by atoms with van der Waals surface area (Å²) in [5.41, 5.74) is 16.0. The molecule has 4 amide bonds. The predicted molar refractivity (Wildman–Crippen MR) is 243 cm³/mol. The van der Waals surface area contributed by atoms with Crippen LogP contribution >= 0.6 is 11.3 Å². The number of allylic oxidation sites excluding steroid dienone is 3. The van der Waals surface area contributed by atoms with Gasteiger partial charge in [-0.3, -0.25) is 39.2 Å². The van der Waals surface area contributed by atoms with Gasteiger partial charge < -0.3 is 35.4 Å². The number of aromatic nitrogens is 9. The molecule has 0 atom stereocenters. The first-order valence-electron chi connectivity index (χ1n) is 20.3. The maximum atomic E-state index is 13.9. The highest BCUT2D eigenvalue weighted by molar-refractivity contribution is 7.13. The minimum atomic E-state index is -0.683. The average molecular weight is 889 g/mol. The molecule has 0 fully saturated rings. The standard InChI is InChI=1S/C43H48N14O6S/c1-7-29-37(64-25(4)48-29)41(61)52-43-50-31-19-27(39(45)59)21-34(63-16-12-11-13-54-23-28(46-5)22-47-54)36(31)56(43)15-10-9-14-55-35-30(18-26(38(44)58)20-33(35)62-6)49-42(55)51-40(60)32-17-24(3)53-57(32)8-2/h9-12,17-23,46H,7-8,13-16H2,1-6H3,(H2,44,58)(H2,45,59)(H,49,51,60)(H,50,52,61)/b10-9+,12-11+. The SMILES string of the molecule is CCc1nc(C)sc1C(=O)Nc1nc2cc(C(N)=O)cc(OC/C=C/Cn3cc(NC)cn3)c2n1C/C=C/Cn1c(NC(=O)c2cc(C)nn2CC)nc2cc(C(N)=O)cc(OC)c21. The van der Waals surface area contributed by atoms with E-state index in [-0.39, 0.29) is 42.7 Å². The van der Waals surface area contributed by atoms with Gasteiger partial charge in [0.2, 0.25) is 23.7 Å². The fraction of sp³-hybridized carbons (Fsp3) is 0.279. The van der Waals surface area contributed by atoms with E-state index in [1.165, 1.54) is 30.6 Å². The highest BCUT2D eigenvalue weighted by Crippen LogP contribution is 2.33. The van der Waals surface area contributed by atoms with Crippen LogP contribution < -0.4 is 36.9 Å². The molecule has 0 aliphatic rings. The normalized spacial score (nSPS) is 11.6. The van der Waals surface area contributed by atoms with Crippen LogP contribution in [0.15, 0.2) is 67.0 Å². The zero-order valence-corrected chi connectivity index (χ0v) is 36.9. The van der Waals surface area contributed by atoms with Crippen LogP contribution in [0.25, 0.3) is 22.1 Å². The molecule has 332 valence electrons. The highest BCUT2D eigenvalue weighted by Gasteiger charge is 2.24. The third-order valence-corrected chi connectivity index (χ3v) is 11.1. The van der Waals surface area contributed by atoms with Gasteiger partial charge in [-0.1, -0.05) is 25.2 Å². The van der Waals surface area contributed by atoms with Crippen molar-refractivity contribution in [2.75, 3.05) is 36.7 Å². The minimum Gasteiger partial charge on any atom is -0.494 e. The predicted octanol–water partition coefficient (Wildman–Crippen LogP) is 5.08. The summed E-state index contributed by atoms with van der Waals surface area (Å²) in [7, 11) is 3.28. The Balaban J connectivity index is 1.26. The van der Waals surface area contributed by atoms with Gasteiger partial charge in [0.25, 0.3) is 11.8 Å². The average Bonchev–Trinajstić information content (AvgIpc) is 4.11. The molecule has 5 aromatic heterocycles. The van der Waals surface area contributed by atoms with E-state index in [1.54, 1.807) is 49.8 Å². The first kappa shape index (κ1) is 44.3. The van der Waals surface area contributed by atoms with E-state index in [1.807, 2.05) is 58.3 Å². The lowest BCUT2D eigenvalue weighted by Gasteiger charge is -2.13. The molecular weight excluding hydrogens is 841 g/mol. The Morgan fingerprint density at radius 2 is 1.41 bits per heavy atom. The van der Waals surface area contributed by atoms with E-state index in [4.69, 9.17) is 30.9 Å². The second-order valence-corrected chi connectivity index (χ2v) is 15.6. The van der Waals surface area contributed by atoms with Crippen molar-refractivity contribution in [1.29, 1.82) is 0 Å². The minimum absolute atomic E-state index is 0.125. The number of nitrogens with one attached hydrogen (secondary N) is 3. The van der Waals surface area contributed by atoms with Crippen LogP contribution in [-0.4, -0.2) is 88.0 Å². The topological polar surface area (TPSA) is 259 Å². The van der Waals surface area contributed by atoms with Crippen molar-refractivity contribution in [3.63, 3.8) is 0 Å². The third-order valence-electron chi connectivity index (χ3n) is 10.1. The molecule has 21 heteroatoms. The molecule has 5 heterocycles. The number of carbonyl (C=O) groups excluding carboxylic acids is 4. The molecule has 0 radical (unpaired) electrons. The summed E-state index contributed by atoms with van der Waals surface area (Å²) in [5, 5.41) is 18.4. The number of imidazole rings is 2. The lowest BCUT2D eigenvalue weighted by molar-refractivity contribution is 0.0991. The van der Waals surface area contributed by atoms with Gasteiger partial charge in [0.05, 0.1) is 53.0 Å². The lowest BCUT2D eigenvalue weighted by Crippen LogP contribution is -2.20. The van der Waals surface area contributed by atoms with E-state index in [9.17, 15) is 19.2 Å². The number of hydrogen-bond acceptors (Lipinski definition) is 13. The van der Waals surface area contributed by atoms with Gasteiger partial charge in [0.1, 0.15) is 39.7 Å². The Morgan fingerprint density at radius 3 is 1.98 bits per heavy atom. The molecule has 2 aromatic carbocycles. The Hall–Kier alpha value is -7.81. The zero-order chi connectivity index (χ0) is 45.7. The Morgan fingerprint density at radius 1 is 0.797 bits per heavy atom. The van der Waals surface area contributed by atoms with Gasteiger partial charge in [-0.2, -0.15) is 10.2 Å².